The molecule has 0 aliphatic carbocycles. The van der Waals surface area contributed by atoms with Crippen LogP contribution in [0.4, 0.5) is 0 Å². The van der Waals surface area contributed by atoms with Gasteiger partial charge in [-0.15, -0.1) is 12.4 Å². The molecular formula is C22H31ClN4O. The van der Waals surface area contributed by atoms with E-state index in [0.29, 0.717) is 11.8 Å². The quantitative estimate of drug-likeness (QED) is 0.855. The highest BCUT2D eigenvalue weighted by atomic mass is 35.5. The van der Waals surface area contributed by atoms with Gasteiger partial charge in [0.25, 0.3) is 0 Å². The Kier molecular flexibility index (Phi) is 6.46. The van der Waals surface area contributed by atoms with Gasteiger partial charge in [-0.05, 0) is 36.8 Å². The molecule has 3 heterocycles. The van der Waals surface area contributed by atoms with Crippen molar-refractivity contribution in [3.05, 3.63) is 53.3 Å². The Hall–Kier alpha value is -1.85. The number of nitrogens with zero attached hydrogens (tertiary/aromatic N) is 3. The molecule has 5 nitrogen and oxygen atoms in total. The van der Waals surface area contributed by atoms with E-state index in [9.17, 15) is 4.79 Å². The van der Waals surface area contributed by atoms with Gasteiger partial charge < -0.3 is 10.2 Å². The van der Waals surface area contributed by atoms with Crippen LogP contribution in [0.2, 0.25) is 0 Å². The first-order valence-corrected chi connectivity index (χ1v) is 10.1. The standard InChI is InChI=1S/C22H30N4O.ClH/c1-15-6-8-17(9-7-15)21-16(2)5-4-10-26(21)22(27)20-13-23-12-19(20)18-11-24-25(3)14-18;/h6-9,11,14,16,19-21,23H,4-5,10,12-13H2,1-3H3;1H/t16?,19-,20+,21?;/m1./s1. The van der Waals surface area contributed by atoms with Crippen LogP contribution in [0.3, 0.4) is 0 Å². The summed E-state index contributed by atoms with van der Waals surface area (Å²) in [5, 5.41) is 7.75. The third-order valence-electron chi connectivity index (χ3n) is 6.32. The summed E-state index contributed by atoms with van der Waals surface area (Å²) in [6.07, 6.45) is 6.23. The molecule has 2 fully saturated rings. The molecule has 2 saturated heterocycles. The predicted molar refractivity (Wildman–Crippen MR) is 114 cm³/mol. The molecule has 2 unspecified atom stereocenters. The lowest BCUT2D eigenvalue weighted by Crippen LogP contribution is -2.46. The molecule has 4 atom stereocenters. The summed E-state index contributed by atoms with van der Waals surface area (Å²) in [5.74, 6) is 0.983. The van der Waals surface area contributed by atoms with E-state index in [0.717, 1.165) is 31.6 Å². The summed E-state index contributed by atoms with van der Waals surface area (Å²) in [6.45, 7) is 6.86. The summed E-state index contributed by atoms with van der Waals surface area (Å²) >= 11 is 0. The van der Waals surface area contributed by atoms with E-state index in [4.69, 9.17) is 0 Å². The number of halogens is 1. The van der Waals surface area contributed by atoms with E-state index in [2.05, 4.69) is 53.4 Å². The first kappa shape index (κ1) is 20.9. The molecule has 28 heavy (non-hydrogen) atoms. The number of likely N-dealkylation sites (tertiary alicyclic amines) is 1. The van der Waals surface area contributed by atoms with Crippen molar-refractivity contribution >= 4 is 18.3 Å². The highest BCUT2D eigenvalue weighted by Gasteiger charge is 2.41. The summed E-state index contributed by atoms with van der Waals surface area (Å²) in [6, 6.07) is 8.91. The van der Waals surface area contributed by atoms with Crippen molar-refractivity contribution < 1.29 is 4.79 Å². The van der Waals surface area contributed by atoms with Gasteiger partial charge in [0.2, 0.25) is 5.91 Å². The monoisotopic (exact) mass is 402 g/mol. The Labute approximate surface area is 173 Å². The number of hydrogen-bond donors (Lipinski definition) is 1. The SMILES string of the molecule is Cc1ccc(C2C(C)CCCN2C(=O)[C@H]2CNC[C@@H]2c2cnn(C)c2)cc1.Cl. The van der Waals surface area contributed by atoms with Gasteiger partial charge in [0.15, 0.2) is 0 Å². The minimum Gasteiger partial charge on any atom is -0.335 e. The molecule has 1 N–H and O–H groups in total. The summed E-state index contributed by atoms with van der Waals surface area (Å²) in [7, 11) is 1.93. The Bertz CT molecular complexity index is 803. The van der Waals surface area contributed by atoms with Crippen molar-refractivity contribution in [1.82, 2.24) is 20.0 Å². The normalized spacial score (nSPS) is 27.5. The van der Waals surface area contributed by atoms with Crippen LogP contribution < -0.4 is 5.32 Å². The summed E-state index contributed by atoms with van der Waals surface area (Å²) < 4.78 is 1.83. The number of rotatable bonds is 3. The van der Waals surface area contributed by atoms with Gasteiger partial charge >= 0.3 is 0 Å². The lowest BCUT2D eigenvalue weighted by molar-refractivity contribution is -0.140. The highest BCUT2D eigenvalue weighted by molar-refractivity contribution is 5.85. The van der Waals surface area contributed by atoms with Gasteiger partial charge in [-0.3, -0.25) is 9.48 Å². The molecule has 0 bridgehead atoms. The summed E-state index contributed by atoms with van der Waals surface area (Å²) in [4.78, 5) is 15.8. The van der Waals surface area contributed by atoms with Crippen LogP contribution in [0.25, 0.3) is 0 Å². The number of nitrogens with one attached hydrogen (secondary N) is 1. The predicted octanol–water partition coefficient (Wildman–Crippen LogP) is 3.45. The third kappa shape index (κ3) is 3.96. The van der Waals surface area contributed by atoms with Crippen LogP contribution in [-0.2, 0) is 11.8 Å². The van der Waals surface area contributed by atoms with E-state index in [1.165, 1.54) is 17.5 Å². The number of hydrogen-bond acceptors (Lipinski definition) is 3. The average molecular weight is 403 g/mol. The van der Waals surface area contributed by atoms with Crippen LogP contribution in [0, 0.1) is 18.8 Å². The van der Waals surface area contributed by atoms with Crippen LogP contribution >= 0.6 is 12.4 Å². The van der Waals surface area contributed by atoms with Gasteiger partial charge in [0, 0.05) is 38.8 Å². The molecule has 2 aromatic rings. The van der Waals surface area contributed by atoms with E-state index in [1.54, 1.807) is 0 Å². The lowest BCUT2D eigenvalue weighted by atomic mass is 9.83. The molecule has 0 saturated carbocycles. The van der Waals surface area contributed by atoms with Crippen molar-refractivity contribution in [3.63, 3.8) is 0 Å². The Morgan fingerprint density at radius 1 is 1.18 bits per heavy atom. The second-order valence-corrected chi connectivity index (χ2v) is 8.33. The Balaban J connectivity index is 0.00000225. The topological polar surface area (TPSA) is 50.2 Å². The van der Waals surface area contributed by atoms with Crippen LogP contribution in [0.1, 0.15) is 48.4 Å². The minimum absolute atomic E-state index is 0. The van der Waals surface area contributed by atoms with E-state index < -0.39 is 0 Å². The van der Waals surface area contributed by atoms with Crippen molar-refractivity contribution in [1.29, 1.82) is 0 Å². The van der Waals surface area contributed by atoms with E-state index >= 15 is 0 Å². The van der Waals surface area contributed by atoms with Gasteiger partial charge in [-0.1, -0.05) is 36.8 Å². The Morgan fingerprint density at radius 2 is 1.93 bits per heavy atom. The van der Waals surface area contributed by atoms with Gasteiger partial charge in [0.1, 0.15) is 0 Å². The van der Waals surface area contributed by atoms with Crippen LogP contribution in [0.5, 0.6) is 0 Å². The molecule has 152 valence electrons. The first-order valence-electron chi connectivity index (χ1n) is 10.1. The number of aromatic nitrogens is 2. The van der Waals surface area contributed by atoms with Crippen molar-refractivity contribution in [2.24, 2.45) is 18.9 Å². The molecule has 0 radical (unpaired) electrons. The number of carbonyl (C=O) groups excluding carboxylic acids is 1. The van der Waals surface area contributed by atoms with Crippen LogP contribution in [0.15, 0.2) is 36.7 Å². The average Bonchev–Trinajstić information content (AvgIpc) is 3.30. The molecular weight excluding hydrogens is 372 g/mol. The fraction of sp³-hybridized carbons (Fsp3) is 0.545. The molecule has 1 amide bonds. The van der Waals surface area contributed by atoms with Gasteiger partial charge in [0.05, 0.1) is 18.2 Å². The maximum atomic E-state index is 13.6. The molecule has 2 aliphatic rings. The largest absolute Gasteiger partial charge is 0.335 e. The van der Waals surface area contributed by atoms with E-state index in [1.807, 2.05) is 24.1 Å². The van der Waals surface area contributed by atoms with Crippen LogP contribution in [-0.4, -0.2) is 40.2 Å². The minimum atomic E-state index is -0.00699. The fourth-order valence-electron chi connectivity index (χ4n) is 4.84. The third-order valence-corrected chi connectivity index (χ3v) is 6.32. The number of benzene rings is 1. The molecule has 2 aliphatic heterocycles. The fourth-order valence-corrected chi connectivity index (χ4v) is 4.84. The number of aryl methyl sites for hydroxylation is 2. The second-order valence-electron chi connectivity index (χ2n) is 8.33. The van der Waals surface area contributed by atoms with Gasteiger partial charge in [-0.2, -0.15) is 5.10 Å². The molecule has 1 aromatic carbocycles. The maximum Gasteiger partial charge on any atom is 0.228 e. The van der Waals surface area contributed by atoms with Crippen molar-refractivity contribution in [2.45, 2.75) is 38.6 Å². The van der Waals surface area contributed by atoms with Crippen molar-refractivity contribution in [3.8, 4) is 0 Å². The highest BCUT2D eigenvalue weighted by Crippen LogP contribution is 2.39. The zero-order valence-electron chi connectivity index (χ0n) is 17.0. The number of amides is 1. The molecule has 6 heteroatoms. The smallest absolute Gasteiger partial charge is 0.228 e. The zero-order valence-corrected chi connectivity index (χ0v) is 17.8. The number of carbonyl (C=O) groups is 1. The lowest BCUT2D eigenvalue weighted by Gasteiger charge is -2.42. The molecule has 0 spiro atoms. The second kappa shape index (κ2) is 8.66. The maximum absolute atomic E-state index is 13.6. The summed E-state index contributed by atoms with van der Waals surface area (Å²) in [5.41, 5.74) is 3.69. The molecule has 4 rings (SSSR count). The van der Waals surface area contributed by atoms with Gasteiger partial charge in [-0.25, -0.2) is 0 Å². The van der Waals surface area contributed by atoms with Crippen molar-refractivity contribution in [2.75, 3.05) is 19.6 Å². The number of piperidine rings is 1. The Morgan fingerprint density at radius 3 is 2.61 bits per heavy atom. The zero-order chi connectivity index (χ0) is 19.0. The molecule has 1 aromatic heterocycles. The van der Waals surface area contributed by atoms with E-state index in [-0.39, 0.29) is 30.3 Å². The first-order chi connectivity index (χ1) is 13.0.